The van der Waals surface area contributed by atoms with E-state index in [9.17, 15) is 22.8 Å². The molecule has 19 heteroatoms. The molecule has 17 nitrogen and oxygen atoms in total. The van der Waals surface area contributed by atoms with Gasteiger partial charge in [0.15, 0.2) is 5.82 Å². The van der Waals surface area contributed by atoms with Crippen LogP contribution in [0.25, 0.3) is 11.0 Å². The minimum absolute atomic E-state index is 0.182. The summed E-state index contributed by atoms with van der Waals surface area (Å²) in [5.41, 5.74) is 6.71. The Morgan fingerprint density at radius 2 is 1.78 bits per heavy atom. The van der Waals surface area contributed by atoms with Crippen molar-refractivity contribution >= 4 is 90.6 Å². The highest BCUT2D eigenvalue weighted by atomic mass is 35.5. The monoisotopic (exact) mass is 853 g/mol. The quantitative estimate of drug-likeness (QED) is 0.117. The van der Waals surface area contributed by atoms with E-state index < -0.39 is 22.0 Å². The van der Waals surface area contributed by atoms with Crippen LogP contribution in [-0.4, -0.2) is 96.6 Å². The van der Waals surface area contributed by atoms with Gasteiger partial charge in [0.05, 0.1) is 42.1 Å². The van der Waals surface area contributed by atoms with Gasteiger partial charge in [-0.25, -0.2) is 13.4 Å². The number of methoxy groups -OCH3 is 1. The molecule has 1 atom stereocenters. The molecule has 1 unspecified atom stereocenters. The fraction of sp³-hybridized carbons (Fsp3) is 0.341. The van der Waals surface area contributed by atoms with Crippen LogP contribution in [0.1, 0.15) is 54.1 Å². The Balaban J connectivity index is 0.974. The number of aryl methyl sites for hydroxylation is 1. The summed E-state index contributed by atoms with van der Waals surface area (Å²) in [5.74, 6) is 0.138. The molecule has 312 valence electrons. The highest BCUT2D eigenvalue weighted by Gasteiger charge is 2.40. The van der Waals surface area contributed by atoms with Gasteiger partial charge in [0.1, 0.15) is 22.3 Å². The highest BCUT2D eigenvalue weighted by molar-refractivity contribution is 7.92. The lowest BCUT2D eigenvalue weighted by atomic mass is 9.98. The summed E-state index contributed by atoms with van der Waals surface area (Å²) in [6.07, 6.45) is 8.53. The third kappa shape index (κ3) is 8.03. The van der Waals surface area contributed by atoms with Crippen LogP contribution < -0.4 is 35.2 Å². The number of nitrogens with zero attached hydrogens (tertiary/aromatic N) is 7. The van der Waals surface area contributed by atoms with Crippen LogP contribution in [0.5, 0.6) is 5.75 Å². The number of imide groups is 1. The van der Waals surface area contributed by atoms with Gasteiger partial charge in [-0.15, -0.1) is 0 Å². The first-order valence-corrected chi connectivity index (χ1v) is 21.8. The second-order valence-electron chi connectivity index (χ2n) is 15.0. The zero-order valence-corrected chi connectivity index (χ0v) is 35.0. The summed E-state index contributed by atoms with van der Waals surface area (Å²) in [7, 11) is -0.00857. The third-order valence-corrected chi connectivity index (χ3v) is 12.1. The summed E-state index contributed by atoms with van der Waals surface area (Å²) < 4.78 is 33.1. The number of benzene rings is 3. The summed E-state index contributed by atoms with van der Waals surface area (Å²) in [6, 6.07) is 12.7. The molecular weight excluding hydrogens is 810 g/mol. The van der Waals surface area contributed by atoms with Gasteiger partial charge in [-0.05, 0) is 61.6 Å². The zero-order valence-electron chi connectivity index (χ0n) is 33.5. The number of halogens is 1. The molecule has 0 radical (unpaired) electrons. The average molecular weight is 854 g/mol. The number of ether oxygens (including phenoxy) is 1. The highest BCUT2D eigenvalue weighted by Crippen LogP contribution is 2.40. The molecule has 3 amide bonds. The first kappa shape index (κ1) is 40.5. The lowest BCUT2D eigenvalue weighted by Gasteiger charge is -2.40. The van der Waals surface area contributed by atoms with E-state index in [1.165, 1.54) is 18.6 Å². The number of carbonyl (C=O) groups excluding carboxylic acids is 3. The Bertz CT molecular complexity index is 2640. The van der Waals surface area contributed by atoms with Crippen LogP contribution in [0, 0.1) is 0 Å². The number of nitrogens with one attached hydrogen (secondary N) is 4. The van der Waals surface area contributed by atoms with Gasteiger partial charge in [-0.3, -0.25) is 34.4 Å². The van der Waals surface area contributed by atoms with E-state index in [-0.39, 0.29) is 46.8 Å². The molecule has 60 heavy (non-hydrogen) atoms. The molecule has 4 N–H and O–H groups in total. The van der Waals surface area contributed by atoms with Crippen LogP contribution in [0.4, 0.5) is 40.2 Å². The van der Waals surface area contributed by atoms with Gasteiger partial charge in [-0.2, -0.15) is 4.98 Å². The van der Waals surface area contributed by atoms with Gasteiger partial charge in [0.25, 0.3) is 5.91 Å². The van der Waals surface area contributed by atoms with E-state index in [0.29, 0.717) is 46.7 Å². The second-order valence-corrected chi connectivity index (χ2v) is 17.1. The fourth-order valence-corrected chi connectivity index (χ4v) is 8.96. The van der Waals surface area contributed by atoms with Crippen molar-refractivity contribution in [3.63, 3.8) is 0 Å². The molecule has 0 aliphatic carbocycles. The van der Waals surface area contributed by atoms with Gasteiger partial charge in [0, 0.05) is 80.1 Å². The van der Waals surface area contributed by atoms with E-state index in [4.69, 9.17) is 16.3 Å². The molecule has 2 saturated heterocycles. The molecule has 0 bridgehead atoms. The molecule has 5 aromatic rings. The third-order valence-electron chi connectivity index (χ3n) is 11.2. The predicted octanol–water partition coefficient (Wildman–Crippen LogP) is 5.37. The zero-order chi connectivity index (χ0) is 42.3. The van der Waals surface area contributed by atoms with E-state index >= 15 is 0 Å². The van der Waals surface area contributed by atoms with Gasteiger partial charge >= 0.3 is 0 Å². The Labute approximate surface area is 351 Å². The Morgan fingerprint density at radius 1 is 1.00 bits per heavy atom. The SMILES string of the molecule is CCc1cc(Nc2ncc(Cl)c(Nc3ccc4nccnc4c3NS(C)(=O)=O)n2)c(OC)cc1N1CCC(N(C)c2cccc3c2CN(C2CCC(=O)NC2=O)C3=O)CC1. The lowest BCUT2D eigenvalue weighted by Crippen LogP contribution is -2.52. The summed E-state index contributed by atoms with van der Waals surface area (Å²) in [6.45, 7) is 4.00. The average Bonchev–Trinajstić information content (AvgIpc) is 3.57. The number of aromatic nitrogens is 4. The summed E-state index contributed by atoms with van der Waals surface area (Å²) in [5, 5.41) is 9.01. The molecule has 0 spiro atoms. The van der Waals surface area contributed by atoms with Gasteiger partial charge in [0.2, 0.25) is 27.8 Å². The molecular formula is C41H44ClN11O6S. The van der Waals surface area contributed by atoms with Gasteiger partial charge < -0.3 is 30.1 Å². The summed E-state index contributed by atoms with van der Waals surface area (Å²) >= 11 is 6.55. The number of carbonyl (C=O) groups is 3. The van der Waals surface area contributed by atoms with Crippen molar-refractivity contribution in [1.82, 2.24) is 30.2 Å². The topological polar surface area (TPSA) is 204 Å². The minimum Gasteiger partial charge on any atom is -0.494 e. The van der Waals surface area contributed by atoms with Crippen molar-refractivity contribution in [3.05, 3.63) is 82.8 Å². The number of hydrogen-bond donors (Lipinski definition) is 4. The number of anilines is 7. The normalized spacial score (nSPS) is 17.1. The predicted molar refractivity (Wildman–Crippen MR) is 230 cm³/mol. The van der Waals surface area contributed by atoms with Crippen LogP contribution in [0.3, 0.4) is 0 Å². The molecule has 2 fully saturated rings. The van der Waals surface area contributed by atoms with Crippen LogP contribution in [0.2, 0.25) is 5.02 Å². The van der Waals surface area contributed by atoms with Crippen molar-refractivity contribution in [3.8, 4) is 5.75 Å². The maximum Gasteiger partial charge on any atom is 0.255 e. The fourth-order valence-electron chi connectivity index (χ4n) is 8.24. The molecule has 3 aromatic carbocycles. The number of amides is 3. The van der Waals surface area contributed by atoms with Crippen molar-refractivity contribution in [2.75, 3.05) is 58.7 Å². The maximum atomic E-state index is 13.5. The van der Waals surface area contributed by atoms with Crippen molar-refractivity contribution in [2.24, 2.45) is 0 Å². The number of rotatable bonds is 12. The van der Waals surface area contributed by atoms with Crippen LogP contribution in [-0.2, 0) is 32.6 Å². The lowest BCUT2D eigenvalue weighted by molar-refractivity contribution is -0.136. The Morgan fingerprint density at radius 3 is 2.52 bits per heavy atom. The van der Waals surface area contributed by atoms with Crippen molar-refractivity contribution in [1.29, 1.82) is 0 Å². The van der Waals surface area contributed by atoms with E-state index in [1.54, 1.807) is 24.1 Å². The number of piperidine rings is 2. The molecule has 3 aliphatic rings. The van der Waals surface area contributed by atoms with E-state index in [0.717, 1.165) is 61.1 Å². The smallest absolute Gasteiger partial charge is 0.255 e. The minimum atomic E-state index is -3.68. The largest absolute Gasteiger partial charge is 0.494 e. The Kier molecular flexibility index (Phi) is 11.1. The van der Waals surface area contributed by atoms with E-state index in [2.05, 4.69) is 64.4 Å². The number of sulfonamides is 1. The summed E-state index contributed by atoms with van der Waals surface area (Å²) in [4.78, 5) is 61.8. The molecule has 8 rings (SSSR count). The van der Waals surface area contributed by atoms with Crippen molar-refractivity contribution in [2.45, 2.75) is 57.7 Å². The first-order valence-electron chi connectivity index (χ1n) is 19.5. The molecule has 3 aliphatic heterocycles. The first-order chi connectivity index (χ1) is 28.8. The Hall–Kier alpha value is -6.27. The van der Waals surface area contributed by atoms with Crippen LogP contribution >= 0.6 is 11.6 Å². The molecule has 5 heterocycles. The second kappa shape index (κ2) is 16.4. The van der Waals surface area contributed by atoms with Crippen LogP contribution in [0.15, 0.2) is 61.1 Å². The molecule has 0 saturated carbocycles. The maximum absolute atomic E-state index is 13.5. The number of fused-ring (bicyclic) bond motifs is 2. The number of hydrogen-bond acceptors (Lipinski definition) is 14. The van der Waals surface area contributed by atoms with E-state index in [1.807, 2.05) is 30.3 Å². The van der Waals surface area contributed by atoms with Gasteiger partial charge in [-0.1, -0.05) is 24.6 Å². The molecule has 2 aromatic heterocycles. The van der Waals surface area contributed by atoms with Crippen molar-refractivity contribution < 1.29 is 27.5 Å². The standard InChI is InChI=1S/C41H44ClN11O6S/c1-5-23-19-30(47-41-45-21-27(42)38(49-41)46-29-10-9-28-36(44-16-15-43-28)37(29)50-60(4,57)58)34(59-3)20-33(23)52-17-13-24(14-18-52)51(2)31-8-6-7-25-26(31)22-53(40(25)56)32-11-12-35(54)48-39(32)55/h6-10,15-16,19-21,24,32,50H,5,11-14,17-18,22H2,1-4H3,(H,48,54,55)(H2,45,46,47,49).